The Bertz CT molecular complexity index is 464. The van der Waals surface area contributed by atoms with Crippen molar-refractivity contribution < 1.29 is 23.4 Å². The molecule has 0 heterocycles. The number of alkyl halides is 2. The van der Waals surface area contributed by atoms with Gasteiger partial charge in [0.15, 0.2) is 0 Å². The highest BCUT2D eigenvalue weighted by atomic mass is 19.3. The van der Waals surface area contributed by atoms with E-state index in [4.69, 9.17) is 0 Å². The van der Waals surface area contributed by atoms with Gasteiger partial charge in [-0.05, 0) is 48.9 Å². The van der Waals surface area contributed by atoms with E-state index in [1.807, 2.05) is 0 Å². The van der Waals surface area contributed by atoms with Gasteiger partial charge >= 0.3 is 6.61 Å². The molecule has 0 saturated heterocycles. The average molecular weight is 299 g/mol. The number of halogens is 2. The van der Waals surface area contributed by atoms with E-state index in [0.29, 0.717) is 18.0 Å². The number of amides is 1. The maximum Gasteiger partial charge on any atom is 0.387 e. The monoisotopic (exact) mass is 299 g/mol. The zero-order chi connectivity index (χ0) is 15.2. The van der Waals surface area contributed by atoms with Crippen molar-refractivity contribution >= 4 is 5.91 Å². The molecule has 1 amide bonds. The zero-order valence-electron chi connectivity index (χ0n) is 11.6. The van der Waals surface area contributed by atoms with Crippen LogP contribution in [0.5, 0.6) is 5.75 Å². The second kappa shape index (κ2) is 7.36. The van der Waals surface area contributed by atoms with Gasteiger partial charge in [0.1, 0.15) is 5.75 Å². The third-order valence-electron chi connectivity index (χ3n) is 3.92. The predicted octanol–water partition coefficient (Wildman–Crippen LogP) is 2.43. The Kier molecular flexibility index (Phi) is 5.50. The number of benzene rings is 1. The van der Waals surface area contributed by atoms with Gasteiger partial charge in [0.25, 0.3) is 5.91 Å². The van der Waals surface area contributed by atoms with E-state index in [-0.39, 0.29) is 24.2 Å². The fourth-order valence-electron chi connectivity index (χ4n) is 2.74. The van der Waals surface area contributed by atoms with Crippen molar-refractivity contribution in [2.75, 3.05) is 13.2 Å². The van der Waals surface area contributed by atoms with E-state index in [0.717, 1.165) is 19.3 Å². The van der Waals surface area contributed by atoms with E-state index in [2.05, 4.69) is 10.1 Å². The number of aliphatic hydroxyl groups excluding tert-OH is 1. The number of hydrogen-bond donors (Lipinski definition) is 2. The highest BCUT2D eigenvalue weighted by Gasteiger charge is 2.26. The number of hydrogen-bond acceptors (Lipinski definition) is 3. The molecule has 0 aromatic heterocycles. The Morgan fingerprint density at radius 1 is 1.29 bits per heavy atom. The molecule has 1 fully saturated rings. The molecule has 2 N–H and O–H groups in total. The van der Waals surface area contributed by atoms with Crippen LogP contribution in [0.15, 0.2) is 24.3 Å². The second-order valence-electron chi connectivity index (χ2n) is 5.25. The molecule has 0 aliphatic heterocycles. The first-order valence-electron chi connectivity index (χ1n) is 7.04. The molecule has 21 heavy (non-hydrogen) atoms. The fourth-order valence-corrected chi connectivity index (χ4v) is 2.74. The first-order chi connectivity index (χ1) is 10.1. The van der Waals surface area contributed by atoms with Crippen molar-refractivity contribution in [1.82, 2.24) is 5.32 Å². The standard InChI is InChI=1S/C15H19F2NO3/c16-15(17)21-13-6-4-10(5-7-13)14(20)18-8-11-2-1-3-12(11)9-19/h4-7,11-12,15,19H,1-3,8-9H2,(H,18,20). The lowest BCUT2D eigenvalue weighted by Crippen LogP contribution is -2.31. The summed E-state index contributed by atoms with van der Waals surface area (Å²) in [7, 11) is 0. The molecule has 1 saturated carbocycles. The number of carbonyl (C=O) groups is 1. The van der Waals surface area contributed by atoms with Crippen LogP contribution in [0.3, 0.4) is 0 Å². The molecule has 2 atom stereocenters. The Balaban J connectivity index is 1.85. The van der Waals surface area contributed by atoms with Crippen LogP contribution in [0.4, 0.5) is 8.78 Å². The number of ether oxygens (including phenoxy) is 1. The van der Waals surface area contributed by atoms with Gasteiger partial charge in [0, 0.05) is 18.7 Å². The van der Waals surface area contributed by atoms with Crippen LogP contribution < -0.4 is 10.1 Å². The van der Waals surface area contributed by atoms with Crippen molar-refractivity contribution in [3.05, 3.63) is 29.8 Å². The van der Waals surface area contributed by atoms with Crippen LogP contribution in [0.2, 0.25) is 0 Å². The lowest BCUT2D eigenvalue weighted by atomic mass is 9.97. The molecule has 0 radical (unpaired) electrons. The smallest absolute Gasteiger partial charge is 0.387 e. The molecule has 4 nitrogen and oxygen atoms in total. The summed E-state index contributed by atoms with van der Waals surface area (Å²) in [5, 5.41) is 12.1. The minimum atomic E-state index is -2.87. The van der Waals surface area contributed by atoms with Gasteiger partial charge in [-0.3, -0.25) is 4.79 Å². The number of carbonyl (C=O) groups excluding carboxylic acids is 1. The fraction of sp³-hybridized carbons (Fsp3) is 0.533. The van der Waals surface area contributed by atoms with E-state index >= 15 is 0 Å². The Hall–Kier alpha value is -1.69. The predicted molar refractivity (Wildman–Crippen MR) is 73.3 cm³/mol. The third kappa shape index (κ3) is 4.39. The summed E-state index contributed by atoms with van der Waals surface area (Å²) in [5.41, 5.74) is 0.398. The summed E-state index contributed by atoms with van der Waals surface area (Å²) in [5.74, 6) is 0.340. The van der Waals surface area contributed by atoms with Crippen molar-refractivity contribution in [3.63, 3.8) is 0 Å². The Morgan fingerprint density at radius 2 is 1.95 bits per heavy atom. The molecule has 0 spiro atoms. The molecule has 2 rings (SSSR count). The van der Waals surface area contributed by atoms with Gasteiger partial charge < -0.3 is 15.2 Å². The average Bonchev–Trinajstić information content (AvgIpc) is 2.92. The maximum absolute atomic E-state index is 12.0. The van der Waals surface area contributed by atoms with Crippen LogP contribution in [-0.4, -0.2) is 30.8 Å². The molecule has 2 unspecified atom stereocenters. The third-order valence-corrected chi connectivity index (χ3v) is 3.92. The van der Waals surface area contributed by atoms with Crippen molar-refractivity contribution in [3.8, 4) is 5.75 Å². The highest BCUT2D eigenvalue weighted by Crippen LogP contribution is 2.30. The number of aliphatic hydroxyl groups is 1. The van der Waals surface area contributed by atoms with Crippen LogP contribution in [-0.2, 0) is 0 Å². The lowest BCUT2D eigenvalue weighted by molar-refractivity contribution is -0.0498. The zero-order valence-corrected chi connectivity index (χ0v) is 11.6. The second-order valence-corrected chi connectivity index (χ2v) is 5.25. The highest BCUT2D eigenvalue weighted by molar-refractivity contribution is 5.94. The topological polar surface area (TPSA) is 58.6 Å². The Labute approximate surface area is 122 Å². The summed E-state index contributed by atoms with van der Waals surface area (Å²) in [6.07, 6.45) is 3.08. The molecule has 1 aliphatic carbocycles. The first kappa shape index (κ1) is 15.7. The van der Waals surface area contributed by atoms with Crippen LogP contribution in [0.1, 0.15) is 29.6 Å². The van der Waals surface area contributed by atoms with E-state index < -0.39 is 6.61 Å². The normalized spacial score (nSPS) is 21.5. The van der Waals surface area contributed by atoms with Gasteiger partial charge in [0.05, 0.1) is 0 Å². The van der Waals surface area contributed by atoms with Crippen molar-refractivity contribution in [2.24, 2.45) is 11.8 Å². The van der Waals surface area contributed by atoms with Crippen LogP contribution >= 0.6 is 0 Å². The molecular formula is C15H19F2NO3. The van der Waals surface area contributed by atoms with E-state index in [1.54, 1.807) is 0 Å². The van der Waals surface area contributed by atoms with Crippen molar-refractivity contribution in [2.45, 2.75) is 25.9 Å². The number of nitrogens with one attached hydrogen (secondary N) is 1. The summed E-state index contributed by atoms with van der Waals surface area (Å²) in [4.78, 5) is 12.0. The van der Waals surface area contributed by atoms with E-state index in [1.165, 1.54) is 24.3 Å². The number of rotatable bonds is 6. The minimum Gasteiger partial charge on any atom is -0.435 e. The van der Waals surface area contributed by atoms with Crippen LogP contribution in [0, 0.1) is 11.8 Å². The van der Waals surface area contributed by atoms with Crippen molar-refractivity contribution in [1.29, 1.82) is 0 Å². The molecule has 0 bridgehead atoms. The molecule has 6 heteroatoms. The molecule has 1 aromatic rings. The Morgan fingerprint density at radius 3 is 2.57 bits per heavy atom. The van der Waals surface area contributed by atoms with Crippen LogP contribution in [0.25, 0.3) is 0 Å². The molecular weight excluding hydrogens is 280 g/mol. The first-order valence-corrected chi connectivity index (χ1v) is 7.04. The molecule has 1 aliphatic rings. The summed E-state index contributed by atoms with van der Waals surface area (Å²) < 4.78 is 28.3. The SMILES string of the molecule is O=C(NCC1CCCC1CO)c1ccc(OC(F)F)cc1. The summed E-state index contributed by atoms with van der Waals surface area (Å²) in [6, 6.07) is 5.58. The van der Waals surface area contributed by atoms with Gasteiger partial charge in [-0.25, -0.2) is 0 Å². The minimum absolute atomic E-state index is 0.0256. The summed E-state index contributed by atoms with van der Waals surface area (Å²) >= 11 is 0. The summed E-state index contributed by atoms with van der Waals surface area (Å²) in [6.45, 7) is -2.19. The van der Waals surface area contributed by atoms with Gasteiger partial charge in [-0.2, -0.15) is 8.78 Å². The molecule has 1 aromatic carbocycles. The van der Waals surface area contributed by atoms with Gasteiger partial charge in [0.2, 0.25) is 0 Å². The van der Waals surface area contributed by atoms with Gasteiger partial charge in [-0.15, -0.1) is 0 Å². The maximum atomic E-state index is 12.0. The lowest BCUT2D eigenvalue weighted by Gasteiger charge is -2.17. The van der Waals surface area contributed by atoms with Gasteiger partial charge in [-0.1, -0.05) is 6.42 Å². The van der Waals surface area contributed by atoms with E-state index in [9.17, 15) is 18.7 Å². The quantitative estimate of drug-likeness (QED) is 0.848. The molecule has 116 valence electrons. The largest absolute Gasteiger partial charge is 0.435 e.